The van der Waals surface area contributed by atoms with Gasteiger partial charge in [0.05, 0.1) is 12.0 Å². The van der Waals surface area contributed by atoms with E-state index in [2.05, 4.69) is 0 Å². The normalized spacial score (nSPS) is 32.9. The van der Waals surface area contributed by atoms with Gasteiger partial charge in [-0.1, -0.05) is 12.8 Å². The van der Waals surface area contributed by atoms with Gasteiger partial charge in [-0.15, -0.1) is 12.4 Å². The molecular formula is C9H17Cl2NO2. The van der Waals surface area contributed by atoms with Crippen molar-refractivity contribution in [3.63, 3.8) is 0 Å². The largest absolute Gasteiger partial charge is 0.389 e. The van der Waals surface area contributed by atoms with Crippen LogP contribution in [0.4, 0.5) is 0 Å². The molecule has 0 amide bonds. The molecule has 3 nitrogen and oxygen atoms in total. The fourth-order valence-electron chi connectivity index (χ4n) is 1.97. The van der Waals surface area contributed by atoms with Gasteiger partial charge in [-0.25, -0.2) is 0 Å². The van der Waals surface area contributed by atoms with Gasteiger partial charge in [0.15, 0.2) is 0 Å². The highest BCUT2D eigenvalue weighted by atomic mass is 35.5. The summed E-state index contributed by atoms with van der Waals surface area (Å²) >= 11 is 5.26. The van der Waals surface area contributed by atoms with Crippen molar-refractivity contribution in [3.8, 4) is 0 Å². The van der Waals surface area contributed by atoms with Gasteiger partial charge in [0.2, 0.25) is 5.24 Å². The van der Waals surface area contributed by atoms with E-state index < -0.39 is 10.8 Å². The number of halogens is 2. The van der Waals surface area contributed by atoms with E-state index in [0.29, 0.717) is 12.8 Å². The minimum absolute atomic E-state index is 0. The van der Waals surface area contributed by atoms with Crippen LogP contribution in [-0.2, 0) is 4.79 Å². The fourth-order valence-corrected chi connectivity index (χ4v) is 2.22. The molecule has 0 aromatic heterocycles. The van der Waals surface area contributed by atoms with Gasteiger partial charge in [0.1, 0.15) is 0 Å². The van der Waals surface area contributed by atoms with E-state index in [-0.39, 0.29) is 24.9 Å². The molecule has 0 spiro atoms. The number of aliphatic hydroxyl groups is 1. The third kappa shape index (κ3) is 4.60. The van der Waals surface area contributed by atoms with E-state index in [1.54, 1.807) is 0 Å². The zero-order valence-electron chi connectivity index (χ0n) is 8.04. The molecule has 1 aliphatic carbocycles. The summed E-state index contributed by atoms with van der Waals surface area (Å²) in [5.41, 5.74) is 4.82. The molecule has 3 N–H and O–H groups in total. The second kappa shape index (κ2) is 5.91. The molecule has 84 valence electrons. The zero-order chi connectivity index (χ0) is 9.90. The number of rotatable bonds is 2. The summed E-state index contributed by atoms with van der Waals surface area (Å²) in [5, 5.41) is 9.53. The van der Waals surface area contributed by atoms with Gasteiger partial charge < -0.3 is 10.8 Å². The predicted molar refractivity (Wildman–Crippen MR) is 58.7 cm³/mol. The first kappa shape index (κ1) is 14.2. The minimum atomic E-state index is -0.950. The van der Waals surface area contributed by atoms with Crippen molar-refractivity contribution in [2.24, 2.45) is 5.73 Å². The predicted octanol–water partition coefficient (Wildman–Crippen LogP) is 1.59. The second-order valence-electron chi connectivity index (χ2n) is 3.97. The highest BCUT2D eigenvalue weighted by Crippen LogP contribution is 2.29. The molecule has 2 atom stereocenters. The Morgan fingerprint density at radius 2 is 2.21 bits per heavy atom. The monoisotopic (exact) mass is 241 g/mol. The second-order valence-corrected chi connectivity index (χ2v) is 4.39. The first-order valence-electron chi connectivity index (χ1n) is 4.68. The Bertz CT molecular complexity index is 201. The third-order valence-electron chi connectivity index (χ3n) is 2.58. The van der Waals surface area contributed by atoms with Crippen LogP contribution in [0, 0.1) is 0 Å². The Hall–Kier alpha value is 0.170. The van der Waals surface area contributed by atoms with E-state index >= 15 is 0 Å². The van der Waals surface area contributed by atoms with Gasteiger partial charge in [0.25, 0.3) is 0 Å². The average Bonchev–Trinajstić information content (AvgIpc) is 2.09. The van der Waals surface area contributed by atoms with Crippen LogP contribution < -0.4 is 5.73 Å². The lowest BCUT2D eigenvalue weighted by Gasteiger charge is -2.26. The van der Waals surface area contributed by atoms with Gasteiger partial charge in [-0.05, 0) is 30.9 Å². The van der Waals surface area contributed by atoms with Crippen LogP contribution in [0.15, 0.2) is 0 Å². The molecular weight excluding hydrogens is 225 g/mol. The van der Waals surface area contributed by atoms with Gasteiger partial charge in [0, 0.05) is 6.04 Å². The van der Waals surface area contributed by atoms with E-state index in [4.69, 9.17) is 17.3 Å². The zero-order valence-corrected chi connectivity index (χ0v) is 9.61. The summed E-state index contributed by atoms with van der Waals surface area (Å²) in [5.74, 6) is 0. The summed E-state index contributed by atoms with van der Waals surface area (Å²) < 4.78 is 0. The average molecular weight is 242 g/mol. The topological polar surface area (TPSA) is 63.3 Å². The summed E-state index contributed by atoms with van der Waals surface area (Å²) in [6.45, 7) is 0. The molecule has 0 saturated heterocycles. The molecule has 14 heavy (non-hydrogen) atoms. The Morgan fingerprint density at radius 1 is 1.57 bits per heavy atom. The highest BCUT2D eigenvalue weighted by molar-refractivity contribution is 6.63. The lowest BCUT2D eigenvalue weighted by Crippen LogP contribution is -2.36. The van der Waals surface area contributed by atoms with Gasteiger partial charge >= 0.3 is 0 Å². The summed E-state index contributed by atoms with van der Waals surface area (Å²) in [7, 11) is 0. The maximum absolute atomic E-state index is 10.7. The number of carbonyl (C=O) groups excluding carboxylic acids is 1. The Balaban J connectivity index is 0.00000169. The molecule has 0 radical (unpaired) electrons. The molecule has 5 heteroatoms. The van der Waals surface area contributed by atoms with E-state index in [9.17, 15) is 9.90 Å². The Labute approximate surface area is 95.4 Å². The van der Waals surface area contributed by atoms with Crippen molar-refractivity contribution < 1.29 is 9.90 Å². The summed E-state index contributed by atoms with van der Waals surface area (Å²) in [6, 6.07) is 0.00326. The van der Waals surface area contributed by atoms with Crippen LogP contribution in [0.25, 0.3) is 0 Å². The molecule has 0 heterocycles. The first-order valence-corrected chi connectivity index (χ1v) is 5.06. The van der Waals surface area contributed by atoms with Gasteiger partial charge in [-0.2, -0.15) is 0 Å². The minimum Gasteiger partial charge on any atom is -0.389 e. The van der Waals surface area contributed by atoms with Crippen molar-refractivity contribution in [2.75, 3.05) is 0 Å². The fraction of sp³-hybridized carbons (Fsp3) is 0.889. The molecule has 0 unspecified atom stereocenters. The quantitative estimate of drug-likeness (QED) is 0.570. The van der Waals surface area contributed by atoms with Crippen LogP contribution in [0.3, 0.4) is 0 Å². The number of carbonyl (C=O) groups is 1. The van der Waals surface area contributed by atoms with Crippen LogP contribution in [-0.4, -0.2) is 22.0 Å². The highest BCUT2D eigenvalue weighted by Gasteiger charge is 2.32. The summed E-state index contributed by atoms with van der Waals surface area (Å²) in [6.07, 6.45) is 4.04. The first-order chi connectivity index (χ1) is 6.02. The standard InChI is InChI=1S/C9H16ClNO2.ClH/c10-8(12)6-9(13)4-2-1-3-7(11)5-9;/h7,13H,1-6,11H2;1H/t7-,9+;/m1./s1. The van der Waals surface area contributed by atoms with Crippen molar-refractivity contribution >= 4 is 29.3 Å². The molecule has 1 rings (SSSR count). The lowest BCUT2D eigenvalue weighted by molar-refractivity contribution is -0.116. The molecule has 1 aliphatic rings. The van der Waals surface area contributed by atoms with E-state index in [1.807, 2.05) is 0 Å². The van der Waals surface area contributed by atoms with E-state index in [0.717, 1.165) is 19.3 Å². The molecule has 0 aromatic carbocycles. The number of nitrogens with two attached hydrogens (primary N) is 1. The molecule has 1 fully saturated rings. The molecule has 0 aromatic rings. The van der Waals surface area contributed by atoms with Crippen LogP contribution in [0.5, 0.6) is 0 Å². The molecule has 0 bridgehead atoms. The smallest absolute Gasteiger partial charge is 0.224 e. The number of hydrogen-bond acceptors (Lipinski definition) is 3. The molecule has 1 saturated carbocycles. The van der Waals surface area contributed by atoms with Crippen LogP contribution in [0.2, 0.25) is 0 Å². The van der Waals surface area contributed by atoms with Crippen molar-refractivity contribution in [1.82, 2.24) is 0 Å². The van der Waals surface area contributed by atoms with Crippen molar-refractivity contribution in [2.45, 2.75) is 50.2 Å². The Morgan fingerprint density at radius 3 is 2.79 bits per heavy atom. The van der Waals surface area contributed by atoms with Gasteiger partial charge in [-0.3, -0.25) is 4.79 Å². The van der Waals surface area contributed by atoms with Crippen LogP contribution >= 0.6 is 24.0 Å². The molecule has 0 aliphatic heterocycles. The van der Waals surface area contributed by atoms with E-state index in [1.165, 1.54) is 0 Å². The van der Waals surface area contributed by atoms with Crippen molar-refractivity contribution in [3.05, 3.63) is 0 Å². The Kier molecular flexibility index (Phi) is 5.98. The maximum Gasteiger partial charge on any atom is 0.224 e. The summed E-state index contributed by atoms with van der Waals surface area (Å²) in [4.78, 5) is 10.7. The van der Waals surface area contributed by atoms with Crippen molar-refractivity contribution in [1.29, 1.82) is 0 Å². The third-order valence-corrected chi connectivity index (χ3v) is 2.71. The maximum atomic E-state index is 10.7. The number of hydrogen-bond donors (Lipinski definition) is 2. The lowest BCUT2D eigenvalue weighted by atomic mass is 9.90. The SMILES string of the molecule is Cl.N[C@@H]1CCCC[C@@](O)(CC(=O)Cl)C1. The van der Waals surface area contributed by atoms with Crippen LogP contribution in [0.1, 0.15) is 38.5 Å².